The molecular weight excluding hydrogens is 300 g/mol. The van der Waals surface area contributed by atoms with Crippen molar-refractivity contribution in [3.8, 4) is 11.3 Å². The fourth-order valence-electron chi connectivity index (χ4n) is 4.32. The maximum absolute atomic E-state index is 10.8. The van der Waals surface area contributed by atoms with Gasteiger partial charge in [-0.1, -0.05) is 35.9 Å². The smallest absolute Gasteiger partial charge is 0.0956 e. The Labute approximate surface area is 142 Å². The highest BCUT2D eigenvalue weighted by atomic mass is 16.3. The molecule has 4 rings (SSSR count). The van der Waals surface area contributed by atoms with Crippen LogP contribution in [-0.4, -0.2) is 32.5 Å². The van der Waals surface area contributed by atoms with E-state index < -0.39 is 0 Å². The van der Waals surface area contributed by atoms with Gasteiger partial charge in [0.15, 0.2) is 0 Å². The van der Waals surface area contributed by atoms with Gasteiger partial charge >= 0.3 is 0 Å². The number of hydrogen-bond donors (Lipinski definition) is 2. The molecule has 0 spiro atoms. The number of benzene rings is 1. The summed E-state index contributed by atoms with van der Waals surface area (Å²) >= 11 is 0. The molecule has 2 heterocycles. The predicted octanol–water partition coefficient (Wildman–Crippen LogP) is 3.31. The van der Waals surface area contributed by atoms with E-state index in [-0.39, 0.29) is 18.8 Å². The number of aliphatic hydroxyl groups is 2. The van der Waals surface area contributed by atoms with E-state index in [0.29, 0.717) is 5.92 Å². The third-order valence-electron chi connectivity index (χ3n) is 5.66. The second kappa shape index (κ2) is 6.54. The molecule has 1 saturated carbocycles. The van der Waals surface area contributed by atoms with Crippen LogP contribution in [-0.2, 0) is 0 Å². The monoisotopic (exact) mass is 324 g/mol. The lowest BCUT2D eigenvalue weighted by Gasteiger charge is -2.30. The molecule has 1 aromatic heterocycles. The largest absolute Gasteiger partial charge is 0.393 e. The van der Waals surface area contributed by atoms with Crippen molar-refractivity contribution in [2.45, 2.75) is 44.2 Å². The van der Waals surface area contributed by atoms with Gasteiger partial charge in [-0.15, -0.1) is 0 Å². The van der Waals surface area contributed by atoms with Gasteiger partial charge in [0, 0.05) is 5.56 Å². The minimum Gasteiger partial charge on any atom is -0.393 e. The Hall–Kier alpha value is -1.91. The molecule has 4 heteroatoms. The third-order valence-corrected chi connectivity index (χ3v) is 5.66. The molecule has 0 saturated heterocycles. The van der Waals surface area contributed by atoms with Gasteiger partial charge in [-0.3, -0.25) is 0 Å². The van der Waals surface area contributed by atoms with E-state index in [0.717, 1.165) is 37.8 Å². The van der Waals surface area contributed by atoms with Gasteiger partial charge in [0.25, 0.3) is 0 Å². The van der Waals surface area contributed by atoms with Crippen LogP contribution in [0.1, 0.15) is 43.7 Å². The summed E-state index contributed by atoms with van der Waals surface area (Å²) in [6.07, 6.45) is 10.2. The number of aliphatic hydroxyl groups excluding tert-OH is 2. The summed E-state index contributed by atoms with van der Waals surface area (Å²) < 4.78 is 2.20. The lowest BCUT2D eigenvalue weighted by atomic mass is 9.80. The summed E-state index contributed by atoms with van der Waals surface area (Å²) in [6.45, 7) is 0.130. The molecule has 4 nitrogen and oxygen atoms in total. The molecule has 1 aliphatic carbocycles. The van der Waals surface area contributed by atoms with Crippen molar-refractivity contribution in [2.24, 2.45) is 5.92 Å². The molecule has 0 amide bonds. The van der Waals surface area contributed by atoms with Gasteiger partial charge in [0.1, 0.15) is 0 Å². The molecule has 0 radical (unpaired) electrons. The number of nitrogens with zero attached hydrogens (tertiary/aromatic N) is 2. The van der Waals surface area contributed by atoms with Crippen molar-refractivity contribution in [2.75, 3.05) is 6.61 Å². The maximum atomic E-state index is 10.8. The minimum absolute atomic E-state index is 0.130. The van der Waals surface area contributed by atoms with Crippen LogP contribution in [0.15, 0.2) is 48.4 Å². The highest BCUT2D eigenvalue weighted by Gasteiger charge is 2.32. The molecule has 2 aromatic rings. The zero-order chi connectivity index (χ0) is 16.5. The van der Waals surface area contributed by atoms with Crippen LogP contribution in [0.3, 0.4) is 0 Å². The number of imidazole rings is 1. The Morgan fingerprint density at radius 1 is 1.25 bits per heavy atom. The zero-order valence-corrected chi connectivity index (χ0v) is 13.8. The topological polar surface area (TPSA) is 58.3 Å². The third kappa shape index (κ3) is 2.70. The summed E-state index contributed by atoms with van der Waals surface area (Å²) in [5.74, 6) is 0.348. The Morgan fingerprint density at radius 2 is 2.04 bits per heavy atom. The number of rotatable bonds is 4. The van der Waals surface area contributed by atoms with Gasteiger partial charge in [-0.05, 0) is 43.6 Å². The van der Waals surface area contributed by atoms with Gasteiger partial charge in [0.2, 0.25) is 0 Å². The first kappa shape index (κ1) is 15.6. The minimum atomic E-state index is -0.299. The van der Waals surface area contributed by atoms with E-state index >= 15 is 0 Å². The molecule has 2 N–H and O–H groups in total. The van der Waals surface area contributed by atoms with Crippen LogP contribution in [0.25, 0.3) is 11.3 Å². The summed E-state index contributed by atoms with van der Waals surface area (Å²) in [5, 5.41) is 19.9. The lowest BCUT2D eigenvalue weighted by molar-refractivity contribution is 0.0745. The SMILES string of the molecule is OCC=C1CCC(C(O)CC2c3ccccc3-c3cncn32)CC1. The molecule has 1 fully saturated rings. The van der Waals surface area contributed by atoms with E-state index in [1.807, 2.05) is 18.6 Å². The lowest BCUT2D eigenvalue weighted by Crippen LogP contribution is -2.26. The fourth-order valence-corrected chi connectivity index (χ4v) is 4.32. The second-order valence-electron chi connectivity index (χ2n) is 6.97. The van der Waals surface area contributed by atoms with Crippen molar-refractivity contribution in [3.05, 3.63) is 54.0 Å². The first-order valence-corrected chi connectivity index (χ1v) is 8.86. The van der Waals surface area contributed by atoms with E-state index in [2.05, 4.69) is 33.8 Å². The van der Waals surface area contributed by atoms with Gasteiger partial charge in [-0.2, -0.15) is 0 Å². The van der Waals surface area contributed by atoms with Crippen LogP contribution in [0.5, 0.6) is 0 Å². The first-order chi connectivity index (χ1) is 11.8. The quantitative estimate of drug-likeness (QED) is 0.848. The van der Waals surface area contributed by atoms with E-state index in [1.54, 1.807) is 0 Å². The number of hydrogen-bond acceptors (Lipinski definition) is 3. The molecule has 2 unspecified atom stereocenters. The maximum Gasteiger partial charge on any atom is 0.0956 e. The molecule has 2 atom stereocenters. The molecular formula is C20H24N2O2. The van der Waals surface area contributed by atoms with E-state index in [1.165, 1.54) is 16.7 Å². The molecule has 1 aliphatic heterocycles. The number of allylic oxidation sites excluding steroid dienone is 1. The highest BCUT2D eigenvalue weighted by molar-refractivity contribution is 5.68. The number of aromatic nitrogens is 2. The standard InChI is InChI=1S/C20H24N2O2/c23-10-9-14-5-7-15(8-6-14)20(24)11-18-16-3-1-2-4-17(16)19-12-21-13-22(18)19/h1-4,9,12-13,15,18,20,23-24H,5-8,10-11H2. The van der Waals surface area contributed by atoms with Crippen LogP contribution in [0.2, 0.25) is 0 Å². The normalized spacial score (nSPS) is 23.7. The van der Waals surface area contributed by atoms with Crippen molar-refractivity contribution in [3.63, 3.8) is 0 Å². The Balaban J connectivity index is 1.49. The summed E-state index contributed by atoms with van der Waals surface area (Å²) in [6, 6.07) is 8.63. The van der Waals surface area contributed by atoms with Gasteiger partial charge in [-0.25, -0.2) is 4.98 Å². The summed E-state index contributed by atoms with van der Waals surface area (Å²) in [4.78, 5) is 4.29. The Kier molecular flexibility index (Phi) is 4.25. The predicted molar refractivity (Wildman–Crippen MR) is 93.6 cm³/mol. The summed E-state index contributed by atoms with van der Waals surface area (Å²) in [7, 11) is 0. The van der Waals surface area contributed by atoms with Crippen molar-refractivity contribution < 1.29 is 10.2 Å². The van der Waals surface area contributed by atoms with Crippen molar-refractivity contribution in [1.82, 2.24) is 9.55 Å². The second-order valence-corrected chi connectivity index (χ2v) is 6.97. The Morgan fingerprint density at radius 3 is 2.83 bits per heavy atom. The fraction of sp³-hybridized carbons (Fsp3) is 0.450. The van der Waals surface area contributed by atoms with Crippen LogP contribution < -0.4 is 0 Å². The van der Waals surface area contributed by atoms with Crippen LogP contribution >= 0.6 is 0 Å². The molecule has 1 aromatic carbocycles. The van der Waals surface area contributed by atoms with Crippen molar-refractivity contribution >= 4 is 0 Å². The van der Waals surface area contributed by atoms with Gasteiger partial charge in [0.05, 0.1) is 37.0 Å². The molecule has 126 valence electrons. The molecule has 2 aliphatic rings. The van der Waals surface area contributed by atoms with Crippen molar-refractivity contribution in [1.29, 1.82) is 0 Å². The van der Waals surface area contributed by atoms with E-state index in [9.17, 15) is 5.11 Å². The first-order valence-electron chi connectivity index (χ1n) is 8.86. The van der Waals surface area contributed by atoms with Gasteiger partial charge < -0.3 is 14.8 Å². The van der Waals surface area contributed by atoms with E-state index in [4.69, 9.17) is 5.11 Å². The number of fused-ring (bicyclic) bond motifs is 3. The highest BCUT2D eigenvalue weighted by Crippen LogP contribution is 2.42. The zero-order valence-electron chi connectivity index (χ0n) is 13.8. The average molecular weight is 324 g/mol. The average Bonchev–Trinajstić information content (AvgIpc) is 3.19. The van der Waals surface area contributed by atoms with Crippen LogP contribution in [0, 0.1) is 5.92 Å². The Bertz CT molecular complexity index is 740. The molecule has 0 bridgehead atoms. The van der Waals surface area contributed by atoms with Crippen LogP contribution in [0.4, 0.5) is 0 Å². The molecule has 24 heavy (non-hydrogen) atoms. The summed E-state index contributed by atoms with van der Waals surface area (Å²) in [5.41, 5.74) is 5.03.